The molecule has 0 aliphatic rings. The van der Waals surface area contributed by atoms with Crippen molar-refractivity contribution in [3.63, 3.8) is 0 Å². The van der Waals surface area contributed by atoms with Crippen molar-refractivity contribution in [3.05, 3.63) is 177 Å². The van der Waals surface area contributed by atoms with Gasteiger partial charge in [-0.2, -0.15) is 172 Å². The van der Waals surface area contributed by atoms with Gasteiger partial charge in [-0.3, -0.25) is 35.7 Å². The van der Waals surface area contributed by atoms with Gasteiger partial charge in [0.05, 0.1) is 23.7 Å². The predicted octanol–water partition coefficient (Wildman–Crippen LogP) is 18.2. The molecule has 0 aromatic heterocycles. The molecule has 0 amide bonds. The Hall–Kier alpha value is 0.463. The van der Waals surface area contributed by atoms with Crippen LogP contribution in [0.4, 0.5) is 0 Å². The summed E-state index contributed by atoms with van der Waals surface area (Å²) < 4.78 is 21.1. The molecule has 0 heterocycles. The van der Waals surface area contributed by atoms with Crippen LogP contribution in [0.5, 0.6) is 0 Å². The minimum Gasteiger partial charge on any atom is -0.545 e. The largest absolute Gasteiger partial charge is 0.545 e. The fraction of sp³-hybridized carbons (Fsp3) is 0.500. The molecular weight excluding hydrogens is 1600 g/mol. The molecule has 92 heavy (non-hydrogen) atoms. The quantitative estimate of drug-likeness (QED) is 0.0443. The number of aryl methyl sites for hydroxylation is 6. The maximum atomic E-state index is 10.7. The van der Waals surface area contributed by atoms with Crippen LogP contribution < -0.4 is 0 Å². The van der Waals surface area contributed by atoms with Crippen LogP contribution in [0.25, 0.3) is 0 Å². The van der Waals surface area contributed by atoms with Crippen molar-refractivity contribution in [2.45, 2.75) is 243 Å². The first kappa shape index (κ1) is 132. The molecule has 0 N–H and O–H groups in total. The van der Waals surface area contributed by atoms with E-state index in [2.05, 4.69) is 75.3 Å². The number of hydrogen-bond acceptors (Lipinski definition) is 10. The Bertz CT molecular complexity index is 2110. The van der Waals surface area contributed by atoms with Gasteiger partial charge in [0, 0.05) is 226 Å². The number of rotatable bonds is 12. The third-order valence-electron chi connectivity index (χ3n) is 8.03. The van der Waals surface area contributed by atoms with Crippen molar-refractivity contribution >= 4 is 69.5 Å². The molecule has 4 unspecified atom stereocenters. The first-order chi connectivity index (χ1) is 39.7. The van der Waals surface area contributed by atoms with Crippen LogP contribution in [0, 0.1) is 77.4 Å². The maximum absolute atomic E-state index is 10.7. The first-order valence-corrected chi connectivity index (χ1v) is 28.7. The summed E-state index contributed by atoms with van der Waals surface area (Å²) in [5, 5.41) is -1.53. The van der Waals surface area contributed by atoms with Gasteiger partial charge in [-0.15, -0.1) is 22.3 Å². The normalized spacial score (nSPS) is 9.74. The second-order valence-electron chi connectivity index (χ2n) is 19.4. The van der Waals surface area contributed by atoms with Crippen LogP contribution in [0.2, 0.25) is 10.6 Å². The second kappa shape index (κ2) is 87.5. The van der Waals surface area contributed by atoms with Crippen LogP contribution >= 0.6 is 0 Å². The number of esters is 2. The van der Waals surface area contributed by atoms with Crippen LogP contribution in [-0.2, 0) is 244 Å². The molecule has 0 saturated carbocycles. The maximum Gasteiger partial charge on any atom is 0.303 e. The van der Waals surface area contributed by atoms with Crippen LogP contribution in [-0.4, -0.2) is 69.5 Å². The van der Waals surface area contributed by atoms with Gasteiger partial charge in [0.15, 0.2) is 0 Å². The number of carbonyl (C=O) groups excluding carboxylic acids is 6. The summed E-state index contributed by atoms with van der Waals surface area (Å²) in [5.74, 6) is 2.81. The molecule has 4 aromatic rings. The molecule has 4 atom stereocenters. The first-order valence-electron chi connectivity index (χ1n) is 28.7. The Labute approximate surface area is 722 Å². The van der Waals surface area contributed by atoms with Crippen molar-refractivity contribution in [2.75, 3.05) is 0 Å². The molecule has 0 fully saturated rings. The Morgan fingerprint density at radius 1 is 0.446 bits per heavy atom. The molecule has 0 saturated heterocycles. The van der Waals surface area contributed by atoms with E-state index in [4.69, 9.17) is 59.9 Å². The van der Waals surface area contributed by atoms with Gasteiger partial charge in [0.25, 0.3) is 0 Å². The Kier molecular flexibility index (Phi) is 126. The Morgan fingerprint density at radius 3 is 0.772 bits per heavy atom. The average Bonchev–Trinajstić information content (AvgIpc) is 3.41. The molecule has 0 bridgehead atoms. The minimum absolute atomic E-state index is 0. The zero-order valence-corrected chi connectivity index (χ0v) is 79.5. The molecule has 0 aliphatic heterocycles. The van der Waals surface area contributed by atoms with Crippen molar-refractivity contribution in [1.29, 1.82) is 0 Å². The molecular formula is C72H110B4O10Y6-10. The number of benzene rings is 4. The molecule has 4 aromatic carbocycles. The van der Waals surface area contributed by atoms with Crippen molar-refractivity contribution < 1.29 is 244 Å². The summed E-state index contributed by atoms with van der Waals surface area (Å²) in [4.78, 5) is 56.0. The Morgan fingerprint density at radius 2 is 0.630 bits per heavy atom. The summed E-state index contributed by atoms with van der Waals surface area (Å²) in [6.07, 6.45) is 2.98. The average molecular weight is 1710 g/mol. The molecule has 0 aliphatic carbocycles. The van der Waals surface area contributed by atoms with Gasteiger partial charge in [-0.1, -0.05) is 138 Å². The molecule has 498 valence electrons. The van der Waals surface area contributed by atoms with Gasteiger partial charge >= 0.3 is 11.9 Å². The fourth-order valence-electron chi connectivity index (χ4n) is 5.37. The SMILES string of the molecule is C=C(C)OC(C)c1cc(C)[c-]c(C)c1.C=C(C)OC(C)c1cc(C)[c-]c(C)c1.CC.CC.CC.CC.CC(=O)OC(C)c1[c-]c(C)ccc1.CC(=O)OC(C)c1[c-]c(C)ccc1.[B]C(C)(C)[C-]=O.[B]C(C)(C)[C-]=O.[B][C-](C)C.[B][C-](C)C.[CH-]=O.[CH-]=O.[Y].[Y].[Y].[Y].[Y].[Y]. The van der Waals surface area contributed by atoms with E-state index in [1.807, 2.05) is 203 Å². The van der Waals surface area contributed by atoms with Crippen molar-refractivity contribution in [1.82, 2.24) is 0 Å². The molecule has 10 nitrogen and oxygen atoms in total. The topological polar surface area (TPSA) is 139 Å². The predicted molar refractivity (Wildman–Crippen MR) is 369 cm³/mol. The zero-order chi connectivity index (χ0) is 70.7. The smallest absolute Gasteiger partial charge is 0.303 e. The summed E-state index contributed by atoms with van der Waals surface area (Å²) in [6.45, 7) is 70.2. The molecule has 0 spiro atoms. The van der Waals surface area contributed by atoms with Gasteiger partial charge in [0.2, 0.25) is 0 Å². The van der Waals surface area contributed by atoms with E-state index in [0.717, 1.165) is 67.7 Å². The van der Waals surface area contributed by atoms with E-state index in [-0.39, 0.29) is 233 Å². The third kappa shape index (κ3) is 106. The van der Waals surface area contributed by atoms with Gasteiger partial charge in [-0.05, 0) is 41.5 Å². The van der Waals surface area contributed by atoms with Crippen molar-refractivity contribution in [3.8, 4) is 0 Å². The summed E-state index contributed by atoms with van der Waals surface area (Å²) in [7, 11) is 20.3. The fourth-order valence-corrected chi connectivity index (χ4v) is 5.37. The van der Waals surface area contributed by atoms with Gasteiger partial charge in [0.1, 0.15) is 12.2 Å². The number of ether oxygens (including phenoxy) is 4. The molecule has 4 rings (SSSR count). The van der Waals surface area contributed by atoms with E-state index < -0.39 is 10.6 Å². The number of hydrogen-bond donors (Lipinski definition) is 0. The number of allylic oxidation sites excluding steroid dienone is 2. The second-order valence-corrected chi connectivity index (χ2v) is 19.4. The van der Waals surface area contributed by atoms with E-state index in [0.29, 0.717) is 0 Å². The van der Waals surface area contributed by atoms with Crippen LogP contribution in [0.3, 0.4) is 0 Å². The van der Waals surface area contributed by atoms with Gasteiger partial charge < -0.3 is 49.8 Å². The van der Waals surface area contributed by atoms with E-state index in [1.54, 1.807) is 40.3 Å². The van der Waals surface area contributed by atoms with E-state index in [9.17, 15) is 19.2 Å². The van der Waals surface area contributed by atoms with Crippen molar-refractivity contribution in [2.24, 2.45) is 0 Å². The van der Waals surface area contributed by atoms with Crippen LogP contribution in [0.15, 0.2) is 85.3 Å². The molecule has 20 heteroatoms. The molecule has 14 radical (unpaired) electrons. The van der Waals surface area contributed by atoms with Gasteiger partial charge in [-0.25, -0.2) is 0 Å². The van der Waals surface area contributed by atoms with E-state index >= 15 is 0 Å². The third-order valence-corrected chi connectivity index (χ3v) is 8.03. The number of carbonyl (C=O) groups is 2. The Balaban J connectivity index is -0.0000000510. The summed E-state index contributed by atoms with van der Waals surface area (Å²) in [6, 6.07) is 32.7. The summed E-state index contributed by atoms with van der Waals surface area (Å²) in [5.41, 5.74) is 10.9. The summed E-state index contributed by atoms with van der Waals surface area (Å²) >= 11 is 0. The zero-order valence-electron chi connectivity index (χ0n) is 62.5. The standard InChI is InChI=1S/2C13H17O.2C11H13O2.2C4H6BO.2C3H6B.4C2H6.2CHO.6Y/c2*1-9(2)14-12(5)13-7-10(3)6-11(4)8-13;2*1-8-5-4-6-11(7-8)9(2)13-10(3)12;2*1-4(2,5)3-6;2*1-3(2)4;6*1-2;;;;;;/h2*7-8,12H,1H2,2-5H3;2*4-6,9H,1-3H3;2*1-2H3;2*1-2H3;4*1-2H3;2*1H;;;;;;/q8*-1;;;;;2*-1;;;;;;. The minimum atomic E-state index is -0.764. The van der Waals surface area contributed by atoms with Crippen LogP contribution in [0.1, 0.15) is 246 Å². The monoisotopic (exact) mass is 1710 g/mol. The van der Waals surface area contributed by atoms with E-state index in [1.165, 1.54) is 25.0 Å².